The topological polar surface area (TPSA) is 76.9 Å². The molecule has 7 heteroatoms. The summed E-state index contributed by atoms with van der Waals surface area (Å²) in [5.74, 6) is 0.933. The van der Waals surface area contributed by atoms with E-state index in [9.17, 15) is 8.42 Å². The maximum Gasteiger partial charge on any atom is 0.175 e. The van der Waals surface area contributed by atoms with Crippen LogP contribution in [0.1, 0.15) is 24.4 Å². The Labute approximate surface area is 125 Å². The van der Waals surface area contributed by atoms with Crippen molar-refractivity contribution in [2.45, 2.75) is 24.3 Å². The monoisotopic (exact) mass is 308 g/mol. The van der Waals surface area contributed by atoms with Gasteiger partial charge in [0.2, 0.25) is 0 Å². The van der Waals surface area contributed by atoms with Crippen molar-refractivity contribution in [3.8, 4) is 0 Å². The Hall–Kier alpha value is -1.73. The Balaban J connectivity index is 1.91. The van der Waals surface area contributed by atoms with Crippen LogP contribution in [0.25, 0.3) is 0 Å². The van der Waals surface area contributed by atoms with Gasteiger partial charge >= 0.3 is 0 Å². The number of nitrogens with one attached hydrogen (secondary N) is 1. The van der Waals surface area contributed by atoms with Crippen molar-refractivity contribution in [2.24, 2.45) is 7.05 Å². The number of benzene rings is 1. The fraction of sp³-hybridized carbons (Fsp3) is 0.429. The van der Waals surface area contributed by atoms with E-state index in [-0.39, 0.29) is 6.04 Å². The molecule has 1 heterocycles. The fourth-order valence-corrected chi connectivity index (χ4v) is 2.69. The second-order valence-corrected chi connectivity index (χ2v) is 7.14. The number of aromatic nitrogens is 3. The highest BCUT2D eigenvalue weighted by atomic mass is 32.2. The summed E-state index contributed by atoms with van der Waals surface area (Å²) in [7, 11) is -1.22. The Morgan fingerprint density at radius 1 is 1.29 bits per heavy atom. The second kappa shape index (κ2) is 6.36. The van der Waals surface area contributed by atoms with Crippen LogP contribution in [0.2, 0.25) is 0 Å². The molecule has 6 nitrogen and oxygen atoms in total. The summed E-state index contributed by atoms with van der Waals surface area (Å²) in [5, 5.41) is 11.3. The molecule has 2 rings (SSSR count). The van der Waals surface area contributed by atoms with Crippen LogP contribution < -0.4 is 5.32 Å². The molecular weight excluding hydrogens is 288 g/mol. The number of hydrogen-bond donors (Lipinski definition) is 1. The minimum absolute atomic E-state index is 0.145. The molecule has 2 aromatic rings. The first-order valence-corrected chi connectivity index (χ1v) is 8.63. The first-order chi connectivity index (χ1) is 9.88. The molecule has 0 amide bonds. The molecular formula is C14H20N4O2S. The van der Waals surface area contributed by atoms with Gasteiger partial charge in [0.15, 0.2) is 9.84 Å². The largest absolute Gasteiger partial charge is 0.321 e. The average Bonchev–Trinajstić information content (AvgIpc) is 2.83. The standard InChI is InChI=1S/C14H20N4O2S/c1-11(15-9-8-14-17-16-10-18(14)2)12-4-6-13(7-5-12)21(3,19)20/h4-7,10-11,15H,8-9H2,1-3H3. The molecule has 1 aromatic heterocycles. The van der Waals surface area contributed by atoms with Crippen LogP contribution in [0, 0.1) is 0 Å². The maximum atomic E-state index is 11.4. The van der Waals surface area contributed by atoms with Crippen LogP contribution in [0.4, 0.5) is 0 Å². The van der Waals surface area contributed by atoms with Crippen molar-refractivity contribution in [3.05, 3.63) is 42.0 Å². The Kier molecular flexibility index (Phi) is 4.74. The summed E-state index contributed by atoms with van der Waals surface area (Å²) in [6, 6.07) is 7.12. The Morgan fingerprint density at radius 3 is 2.48 bits per heavy atom. The first kappa shape index (κ1) is 15.7. The molecule has 0 saturated heterocycles. The molecule has 0 radical (unpaired) electrons. The molecule has 21 heavy (non-hydrogen) atoms. The zero-order valence-electron chi connectivity index (χ0n) is 12.4. The van der Waals surface area contributed by atoms with Crippen LogP contribution in [0.3, 0.4) is 0 Å². The lowest BCUT2D eigenvalue weighted by atomic mass is 10.1. The third kappa shape index (κ3) is 4.12. The minimum atomic E-state index is -3.13. The molecule has 0 fully saturated rings. The molecule has 1 aromatic carbocycles. The predicted octanol–water partition coefficient (Wildman–Crippen LogP) is 1.11. The van der Waals surface area contributed by atoms with Crippen molar-refractivity contribution in [3.63, 3.8) is 0 Å². The predicted molar refractivity (Wildman–Crippen MR) is 80.7 cm³/mol. The summed E-state index contributed by atoms with van der Waals surface area (Å²) >= 11 is 0. The van der Waals surface area contributed by atoms with Gasteiger partial charge in [-0.25, -0.2) is 8.42 Å². The molecule has 1 atom stereocenters. The molecule has 1 unspecified atom stereocenters. The van der Waals surface area contributed by atoms with Gasteiger partial charge in [0, 0.05) is 32.3 Å². The van der Waals surface area contributed by atoms with E-state index in [2.05, 4.69) is 15.5 Å². The van der Waals surface area contributed by atoms with Crippen LogP contribution in [0.15, 0.2) is 35.5 Å². The Morgan fingerprint density at radius 2 is 1.95 bits per heavy atom. The maximum absolute atomic E-state index is 11.4. The van der Waals surface area contributed by atoms with E-state index < -0.39 is 9.84 Å². The highest BCUT2D eigenvalue weighted by molar-refractivity contribution is 7.90. The summed E-state index contributed by atoms with van der Waals surface area (Å²) in [5.41, 5.74) is 1.06. The number of aryl methyl sites for hydroxylation is 1. The molecule has 0 aliphatic heterocycles. The quantitative estimate of drug-likeness (QED) is 0.865. The second-order valence-electron chi connectivity index (χ2n) is 5.13. The van der Waals surface area contributed by atoms with E-state index >= 15 is 0 Å². The first-order valence-electron chi connectivity index (χ1n) is 6.74. The van der Waals surface area contributed by atoms with Crippen molar-refractivity contribution < 1.29 is 8.42 Å². The highest BCUT2D eigenvalue weighted by Crippen LogP contribution is 2.16. The molecule has 0 aliphatic carbocycles. The van der Waals surface area contributed by atoms with E-state index in [1.54, 1.807) is 18.5 Å². The lowest BCUT2D eigenvalue weighted by Crippen LogP contribution is -2.22. The SMILES string of the molecule is CC(NCCc1nncn1C)c1ccc(S(C)(=O)=O)cc1. The van der Waals surface area contributed by atoms with Crippen LogP contribution in [-0.2, 0) is 23.3 Å². The molecule has 0 bridgehead atoms. The van der Waals surface area contributed by atoms with Gasteiger partial charge in [0.05, 0.1) is 4.90 Å². The Bertz CT molecular complexity index is 692. The van der Waals surface area contributed by atoms with Gasteiger partial charge in [-0.2, -0.15) is 0 Å². The van der Waals surface area contributed by atoms with Gasteiger partial charge in [0.25, 0.3) is 0 Å². The molecule has 0 saturated carbocycles. The van der Waals surface area contributed by atoms with Crippen LogP contribution in [0.5, 0.6) is 0 Å². The smallest absolute Gasteiger partial charge is 0.175 e. The third-order valence-corrected chi connectivity index (χ3v) is 4.54. The minimum Gasteiger partial charge on any atom is -0.321 e. The zero-order chi connectivity index (χ0) is 15.5. The van der Waals surface area contributed by atoms with E-state index in [1.165, 1.54) is 6.26 Å². The van der Waals surface area contributed by atoms with Crippen molar-refractivity contribution in [1.82, 2.24) is 20.1 Å². The fourth-order valence-electron chi connectivity index (χ4n) is 2.06. The van der Waals surface area contributed by atoms with Gasteiger partial charge in [-0.3, -0.25) is 0 Å². The lowest BCUT2D eigenvalue weighted by Gasteiger charge is -2.14. The molecule has 114 valence electrons. The molecule has 0 aliphatic rings. The van der Waals surface area contributed by atoms with Gasteiger partial charge in [-0.1, -0.05) is 12.1 Å². The molecule has 0 spiro atoms. The van der Waals surface area contributed by atoms with Gasteiger partial charge < -0.3 is 9.88 Å². The van der Waals surface area contributed by atoms with E-state index in [0.717, 1.165) is 24.4 Å². The van der Waals surface area contributed by atoms with Gasteiger partial charge in [0.1, 0.15) is 12.2 Å². The summed E-state index contributed by atoms with van der Waals surface area (Å²) in [6.07, 6.45) is 3.69. The lowest BCUT2D eigenvalue weighted by molar-refractivity contribution is 0.564. The van der Waals surface area contributed by atoms with Gasteiger partial charge in [-0.05, 0) is 24.6 Å². The average molecular weight is 308 g/mol. The number of rotatable bonds is 6. The number of hydrogen-bond acceptors (Lipinski definition) is 5. The third-order valence-electron chi connectivity index (χ3n) is 3.41. The van der Waals surface area contributed by atoms with Crippen molar-refractivity contribution in [1.29, 1.82) is 0 Å². The van der Waals surface area contributed by atoms with E-state index in [0.29, 0.717) is 4.90 Å². The zero-order valence-corrected chi connectivity index (χ0v) is 13.3. The number of nitrogens with zero attached hydrogens (tertiary/aromatic N) is 3. The summed E-state index contributed by atoms with van der Waals surface area (Å²) in [6.45, 7) is 2.83. The van der Waals surface area contributed by atoms with Crippen LogP contribution >= 0.6 is 0 Å². The highest BCUT2D eigenvalue weighted by Gasteiger charge is 2.09. The van der Waals surface area contributed by atoms with Crippen LogP contribution in [-0.4, -0.2) is 36.0 Å². The number of sulfone groups is 1. The van der Waals surface area contributed by atoms with Gasteiger partial charge in [-0.15, -0.1) is 10.2 Å². The van der Waals surface area contributed by atoms with E-state index in [4.69, 9.17) is 0 Å². The van der Waals surface area contributed by atoms with E-state index in [1.807, 2.05) is 30.7 Å². The van der Waals surface area contributed by atoms with Crippen molar-refractivity contribution >= 4 is 9.84 Å². The summed E-state index contributed by atoms with van der Waals surface area (Å²) in [4.78, 5) is 0.345. The normalized spacial score (nSPS) is 13.3. The summed E-state index contributed by atoms with van der Waals surface area (Å²) < 4.78 is 24.7. The molecule has 1 N–H and O–H groups in total. The van der Waals surface area contributed by atoms with Crippen molar-refractivity contribution in [2.75, 3.05) is 12.8 Å².